The van der Waals surface area contributed by atoms with Gasteiger partial charge in [-0.2, -0.15) is 0 Å². The van der Waals surface area contributed by atoms with Crippen molar-refractivity contribution in [3.63, 3.8) is 0 Å². The van der Waals surface area contributed by atoms with E-state index in [9.17, 15) is 4.79 Å². The van der Waals surface area contributed by atoms with Gasteiger partial charge in [0.2, 0.25) is 11.9 Å². The summed E-state index contributed by atoms with van der Waals surface area (Å²) in [5.74, 6) is 0.950. The molecule has 2 unspecified atom stereocenters. The molecule has 0 aliphatic heterocycles. The van der Waals surface area contributed by atoms with Crippen LogP contribution in [0.15, 0.2) is 42.5 Å². The SMILES string of the molecule is CC1CCCCC1n1c(NCc2ccccc2Cl)nc2cc(C(N)=O)ccc21. The number of hydrogen-bond acceptors (Lipinski definition) is 3. The Hall–Kier alpha value is -2.53. The van der Waals surface area contributed by atoms with Crippen LogP contribution in [-0.4, -0.2) is 15.5 Å². The van der Waals surface area contributed by atoms with Gasteiger partial charge in [-0.15, -0.1) is 0 Å². The fourth-order valence-corrected chi connectivity index (χ4v) is 4.41. The third-order valence-corrected chi connectivity index (χ3v) is 6.14. The molecular formula is C22H25ClN4O. The maximum Gasteiger partial charge on any atom is 0.248 e. The van der Waals surface area contributed by atoms with E-state index >= 15 is 0 Å². The first-order valence-corrected chi connectivity index (χ1v) is 10.2. The largest absolute Gasteiger partial charge is 0.366 e. The number of benzene rings is 2. The second-order valence-electron chi connectivity index (χ2n) is 7.65. The highest BCUT2D eigenvalue weighted by Gasteiger charge is 2.27. The van der Waals surface area contributed by atoms with Gasteiger partial charge < -0.3 is 15.6 Å². The average Bonchev–Trinajstić information content (AvgIpc) is 3.05. The lowest BCUT2D eigenvalue weighted by Gasteiger charge is -2.31. The van der Waals surface area contributed by atoms with Crippen LogP contribution in [0.3, 0.4) is 0 Å². The summed E-state index contributed by atoms with van der Waals surface area (Å²) in [6.07, 6.45) is 4.84. The van der Waals surface area contributed by atoms with Crippen LogP contribution in [0, 0.1) is 5.92 Å². The van der Waals surface area contributed by atoms with Gasteiger partial charge in [0.05, 0.1) is 11.0 Å². The normalized spacial score (nSPS) is 19.6. The molecule has 3 N–H and O–H groups in total. The second kappa shape index (κ2) is 7.84. The minimum absolute atomic E-state index is 0.381. The van der Waals surface area contributed by atoms with Gasteiger partial charge in [-0.05, 0) is 48.6 Å². The smallest absolute Gasteiger partial charge is 0.248 e. The molecule has 1 heterocycles. The van der Waals surface area contributed by atoms with Crippen LogP contribution in [0.2, 0.25) is 5.02 Å². The zero-order chi connectivity index (χ0) is 19.7. The van der Waals surface area contributed by atoms with Gasteiger partial charge in [0.1, 0.15) is 0 Å². The van der Waals surface area contributed by atoms with Crippen LogP contribution in [0.1, 0.15) is 54.6 Å². The number of rotatable bonds is 5. The summed E-state index contributed by atoms with van der Waals surface area (Å²) in [6, 6.07) is 13.7. The van der Waals surface area contributed by atoms with Gasteiger partial charge in [0, 0.05) is 23.2 Å². The number of hydrogen-bond donors (Lipinski definition) is 2. The van der Waals surface area contributed by atoms with Crippen molar-refractivity contribution >= 4 is 34.5 Å². The van der Waals surface area contributed by atoms with Crippen molar-refractivity contribution in [1.29, 1.82) is 0 Å². The number of primary amides is 1. The Morgan fingerprint density at radius 3 is 2.79 bits per heavy atom. The number of anilines is 1. The summed E-state index contributed by atoms with van der Waals surface area (Å²) in [4.78, 5) is 16.4. The number of nitrogens with zero attached hydrogens (tertiary/aromatic N) is 2. The number of carbonyl (C=O) groups excluding carboxylic acids is 1. The van der Waals surface area contributed by atoms with E-state index in [0.717, 1.165) is 34.0 Å². The third-order valence-electron chi connectivity index (χ3n) is 5.77. The van der Waals surface area contributed by atoms with Gasteiger partial charge >= 0.3 is 0 Å². The summed E-state index contributed by atoms with van der Waals surface area (Å²) in [6.45, 7) is 2.90. The number of nitrogens with two attached hydrogens (primary N) is 1. The Morgan fingerprint density at radius 2 is 2.04 bits per heavy atom. The monoisotopic (exact) mass is 396 g/mol. The fraction of sp³-hybridized carbons (Fsp3) is 0.364. The standard InChI is InChI=1S/C22H25ClN4O/c1-14-6-2-5-9-19(14)27-20-11-10-15(21(24)28)12-18(20)26-22(27)25-13-16-7-3-4-8-17(16)23/h3-4,7-8,10-12,14,19H,2,5-6,9,13H2,1H3,(H2,24,28)(H,25,26). The lowest BCUT2D eigenvalue weighted by molar-refractivity contribution is 0.100. The topological polar surface area (TPSA) is 72.9 Å². The van der Waals surface area contributed by atoms with E-state index in [4.69, 9.17) is 22.3 Å². The molecule has 1 aromatic heterocycles. The van der Waals surface area contributed by atoms with E-state index in [2.05, 4.69) is 16.8 Å². The molecule has 1 aliphatic carbocycles. The molecule has 2 atom stereocenters. The molecule has 1 fully saturated rings. The van der Waals surface area contributed by atoms with E-state index in [1.807, 2.05) is 30.3 Å². The predicted molar refractivity (Wildman–Crippen MR) is 114 cm³/mol. The van der Waals surface area contributed by atoms with Gasteiger partial charge in [0.15, 0.2) is 0 Å². The van der Waals surface area contributed by atoms with Crippen LogP contribution in [0.25, 0.3) is 11.0 Å². The lowest BCUT2D eigenvalue weighted by atomic mass is 9.85. The maximum atomic E-state index is 11.6. The summed E-state index contributed by atoms with van der Waals surface area (Å²) >= 11 is 6.32. The molecule has 2 aromatic carbocycles. The highest BCUT2D eigenvalue weighted by molar-refractivity contribution is 6.31. The van der Waals surface area contributed by atoms with E-state index in [1.165, 1.54) is 19.3 Å². The molecule has 1 amide bonds. The minimum Gasteiger partial charge on any atom is -0.366 e. The first-order valence-electron chi connectivity index (χ1n) is 9.83. The summed E-state index contributed by atoms with van der Waals surface area (Å²) < 4.78 is 2.31. The maximum absolute atomic E-state index is 11.6. The van der Waals surface area contributed by atoms with Gasteiger partial charge in [-0.3, -0.25) is 4.79 Å². The number of halogens is 1. The molecule has 4 rings (SSSR count). The van der Waals surface area contributed by atoms with Crippen molar-refractivity contribution in [2.75, 3.05) is 5.32 Å². The van der Waals surface area contributed by atoms with Crippen LogP contribution < -0.4 is 11.1 Å². The number of aromatic nitrogens is 2. The fourth-order valence-electron chi connectivity index (χ4n) is 4.21. The molecule has 146 valence electrons. The van der Waals surface area contributed by atoms with Crippen molar-refractivity contribution in [3.05, 3.63) is 58.6 Å². The summed E-state index contributed by atoms with van der Waals surface area (Å²) in [5.41, 5.74) is 8.79. The Kier molecular flexibility index (Phi) is 5.27. The molecule has 1 saturated carbocycles. The average molecular weight is 397 g/mol. The summed E-state index contributed by atoms with van der Waals surface area (Å²) in [7, 11) is 0. The van der Waals surface area contributed by atoms with E-state index in [-0.39, 0.29) is 0 Å². The number of fused-ring (bicyclic) bond motifs is 1. The van der Waals surface area contributed by atoms with Gasteiger partial charge in [0.25, 0.3) is 0 Å². The first-order chi connectivity index (χ1) is 13.5. The Bertz CT molecular complexity index is 1010. The lowest BCUT2D eigenvalue weighted by Crippen LogP contribution is -2.22. The zero-order valence-corrected chi connectivity index (χ0v) is 16.7. The van der Waals surface area contributed by atoms with E-state index in [1.54, 1.807) is 12.1 Å². The van der Waals surface area contributed by atoms with Crippen molar-refractivity contribution < 1.29 is 4.79 Å². The molecule has 0 bridgehead atoms. The highest BCUT2D eigenvalue weighted by atomic mass is 35.5. The summed E-state index contributed by atoms with van der Waals surface area (Å²) in [5, 5.41) is 4.21. The molecule has 1 aliphatic rings. The Morgan fingerprint density at radius 1 is 1.25 bits per heavy atom. The second-order valence-corrected chi connectivity index (χ2v) is 8.05. The Labute approximate surface area is 169 Å². The van der Waals surface area contributed by atoms with Gasteiger partial charge in [-0.25, -0.2) is 4.98 Å². The molecule has 3 aromatic rings. The van der Waals surface area contributed by atoms with Gasteiger partial charge in [-0.1, -0.05) is 49.6 Å². The molecule has 0 spiro atoms. The minimum atomic E-state index is -0.437. The van der Waals surface area contributed by atoms with E-state index in [0.29, 0.717) is 24.1 Å². The van der Waals surface area contributed by atoms with E-state index < -0.39 is 5.91 Å². The van der Waals surface area contributed by atoms with Crippen LogP contribution >= 0.6 is 11.6 Å². The number of imidazole rings is 1. The Balaban J connectivity index is 1.75. The first kappa shape index (κ1) is 18.8. The zero-order valence-electron chi connectivity index (χ0n) is 16.0. The van der Waals surface area contributed by atoms with Crippen molar-refractivity contribution in [3.8, 4) is 0 Å². The number of amides is 1. The molecule has 0 saturated heterocycles. The van der Waals surface area contributed by atoms with Crippen LogP contribution in [0.5, 0.6) is 0 Å². The van der Waals surface area contributed by atoms with Crippen LogP contribution in [0.4, 0.5) is 5.95 Å². The van der Waals surface area contributed by atoms with Crippen molar-refractivity contribution in [1.82, 2.24) is 9.55 Å². The van der Waals surface area contributed by atoms with Crippen LogP contribution in [-0.2, 0) is 6.54 Å². The predicted octanol–water partition coefficient (Wildman–Crippen LogP) is 5.15. The molecular weight excluding hydrogens is 372 g/mol. The highest BCUT2D eigenvalue weighted by Crippen LogP contribution is 2.38. The third kappa shape index (κ3) is 3.59. The number of carbonyl (C=O) groups is 1. The molecule has 5 nitrogen and oxygen atoms in total. The molecule has 28 heavy (non-hydrogen) atoms. The molecule has 6 heteroatoms. The van der Waals surface area contributed by atoms with Crippen molar-refractivity contribution in [2.45, 2.75) is 45.2 Å². The molecule has 0 radical (unpaired) electrons. The quantitative estimate of drug-likeness (QED) is 0.626. The number of nitrogens with one attached hydrogen (secondary N) is 1. The van der Waals surface area contributed by atoms with Crippen molar-refractivity contribution in [2.24, 2.45) is 11.7 Å².